The van der Waals surface area contributed by atoms with Crippen molar-refractivity contribution in [3.05, 3.63) is 63.4 Å². The molecule has 3 heteroatoms. The fourth-order valence-electron chi connectivity index (χ4n) is 2.95. The maximum Gasteiger partial charge on any atom is 0.146 e. The highest BCUT2D eigenvalue weighted by molar-refractivity contribution is 9.10. The van der Waals surface area contributed by atoms with Gasteiger partial charge in [-0.15, -0.1) is 0 Å². The Balaban J connectivity index is 1.82. The largest absolute Gasteiger partial charge is 0.376 e. The molecular formula is C18H19BrFN. The third-order valence-corrected chi connectivity index (χ3v) is 4.67. The summed E-state index contributed by atoms with van der Waals surface area (Å²) in [5.41, 5.74) is 4.69. The number of nitrogens with one attached hydrogen (secondary N) is 1. The van der Waals surface area contributed by atoms with E-state index in [0.717, 1.165) is 4.47 Å². The molecule has 3 rings (SSSR count). The Bertz CT molecular complexity index is 654. The molecule has 0 fully saturated rings. The lowest BCUT2D eigenvalue weighted by atomic mass is 9.89. The normalized spacial score (nSPS) is 15.4. The van der Waals surface area contributed by atoms with E-state index in [2.05, 4.69) is 46.4 Å². The molecule has 1 aliphatic carbocycles. The molecule has 0 radical (unpaired) electrons. The van der Waals surface area contributed by atoms with Crippen molar-refractivity contribution in [3.8, 4) is 0 Å². The van der Waals surface area contributed by atoms with Crippen LogP contribution in [0.15, 0.2) is 40.9 Å². The SMILES string of the molecule is CC(Nc1cc(Br)ccc1F)c1ccc2c(c1)CCCC2. The molecular weight excluding hydrogens is 329 g/mol. The van der Waals surface area contributed by atoms with Crippen LogP contribution in [0.3, 0.4) is 0 Å². The molecule has 1 aliphatic rings. The van der Waals surface area contributed by atoms with E-state index in [1.807, 2.05) is 0 Å². The van der Waals surface area contributed by atoms with Gasteiger partial charge < -0.3 is 5.32 Å². The molecule has 0 saturated carbocycles. The molecule has 110 valence electrons. The Kier molecular flexibility index (Phi) is 4.29. The molecule has 1 atom stereocenters. The molecule has 21 heavy (non-hydrogen) atoms. The first-order valence-electron chi connectivity index (χ1n) is 7.47. The second-order valence-corrected chi connectivity index (χ2v) is 6.64. The van der Waals surface area contributed by atoms with Crippen molar-refractivity contribution in [1.82, 2.24) is 0 Å². The van der Waals surface area contributed by atoms with Crippen molar-refractivity contribution in [1.29, 1.82) is 0 Å². The van der Waals surface area contributed by atoms with Crippen LogP contribution in [0.25, 0.3) is 0 Å². The van der Waals surface area contributed by atoms with Gasteiger partial charge >= 0.3 is 0 Å². The predicted molar refractivity (Wildman–Crippen MR) is 89.2 cm³/mol. The van der Waals surface area contributed by atoms with Crippen molar-refractivity contribution in [2.24, 2.45) is 0 Å². The van der Waals surface area contributed by atoms with E-state index in [0.29, 0.717) is 5.69 Å². The average Bonchev–Trinajstić information content (AvgIpc) is 2.50. The molecule has 1 unspecified atom stereocenters. The number of anilines is 1. The summed E-state index contributed by atoms with van der Waals surface area (Å²) in [5, 5.41) is 3.27. The molecule has 0 bridgehead atoms. The van der Waals surface area contributed by atoms with Crippen LogP contribution < -0.4 is 5.32 Å². The van der Waals surface area contributed by atoms with Gasteiger partial charge in [-0.25, -0.2) is 4.39 Å². The molecule has 0 aliphatic heterocycles. The van der Waals surface area contributed by atoms with Gasteiger partial charge in [0.25, 0.3) is 0 Å². The van der Waals surface area contributed by atoms with Gasteiger partial charge in [0.1, 0.15) is 5.82 Å². The Morgan fingerprint density at radius 3 is 2.62 bits per heavy atom. The number of halogens is 2. The Morgan fingerprint density at radius 1 is 1.05 bits per heavy atom. The van der Waals surface area contributed by atoms with Gasteiger partial charge in [-0.3, -0.25) is 0 Å². The maximum atomic E-state index is 13.8. The molecule has 0 spiro atoms. The topological polar surface area (TPSA) is 12.0 Å². The number of benzene rings is 2. The first-order valence-corrected chi connectivity index (χ1v) is 8.26. The lowest BCUT2D eigenvalue weighted by molar-refractivity contribution is 0.627. The first-order chi connectivity index (χ1) is 10.1. The van der Waals surface area contributed by atoms with E-state index in [9.17, 15) is 4.39 Å². The third-order valence-electron chi connectivity index (χ3n) is 4.17. The van der Waals surface area contributed by atoms with Crippen LogP contribution in [0, 0.1) is 5.82 Å². The van der Waals surface area contributed by atoms with E-state index >= 15 is 0 Å². The molecule has 1 nitrogen and oxygen atoms in total. The second-order valence-electron chi connectivity index (χ2n) is 5.73. The highest BCUT2D eigenvalue weighted by Crippen LogP contribution is 2.28. The highest BCUT2D eigenvalue weighted by atomic mass is 79.9. The summed E-state index contributed by atoms with van der Waals surface area (Å²) in [5.74, 6) is -0.219. The quantitative estimate of drug-likeness (QED) is 0.757. The zero-order chi connectivity index (χ0) is 14.8. The molecule has 0 saturated heterocycles. The van der Waals surface area contributed by atoms with Crippen LogP contribution >= 0.6 is 15.9 Å². The van der Waals surface area contributed by atoms with E-state index in [4.69, 9.17) is 0 Å². The van der Waals surface area contributed by atoms with Crippen molar-refractivity contribution in [3.63, 3.8) is 0 Å². The average molecular weight is 348 g/mol. The van der Waals surface area contributed by atoms with Gasteiger partial charge in [-0.05, 0) is 67.5 Å². The van der Waals surface area contributed by atoms with Gasteiger partial charge in [0, 0.05) is 10.5 Å². The number of fused-ring (bicyclic) bond motifs is 1. The Morgan fingerprint density at radius 2 is 1.81 bits per heavy atom. The highest BCUT2D eigenvalue weighted by Gasteiger charge is 2.13. The summed E-state index contributed by atoms with van der Waals surface area (Å²) in [6.07, 6.45) is 4.93. The molecule has 0 aromatic heterocycles. The van der Waals surface area contributed by atoms with Crippen LogP contribution in [0.1, 0.15) is 42.5 Å². The minimum absolute atomic E-state index is 0.0843. The maximum absolute atomic E-state index is 13.8. The van der Waals surface area contributed by atoms with Gasteiger partial charge in [-0.2, -0.15) is 0 Å². The van der Waals surface area contributed by atoms with E-state index in [1.54, 1.807) is 12.1 Å². The summed E-state index contributed by atoms with van der Waals surface area (Å²) < 4.78 is 14.7. The predicted octanol–water partition coefficient (Wildman–Crippen LogP) is 5.64. The van der Waals surface area contributed by atoms with E-state index in [-0.39, 0.29) is 11.9 Å². The minimum atomic E-state index is -0.219. The summed E-state index contributed by atoms with van der Waals surface area (Å²) in [7, 11) is 0. The fourth-order valence-corrected chi connectivity index (χ4v) is 3.31. The third kappa shape index (κ3) is 3.29. The monoisotopic (exact) mass is 347 g/mol. The molecule has 0 amide bonds. The Hall–Kier alpha value is -1.35. The van der Waals surface area contributed by atoms with Crippen LogP contribution in [-0.2, 0) is 12.8 Å². The lowest BCUT2D eigenvalue weighted by Crippen LogP contribution is -2.10. The Labute approximate surface area is 133 Å². The van der Waals surface area contributed by atoms with Crippen molar-refractivity contribution < 1.29 is 4.39 Å². The van der Waals surface area contributed by atoms with Crippen molar-refractivity contribution in [2.45, 2.75) is 38.6 Å². The number of hydrogen-bond donors (Lipinski definition) is 1. The zero-order valence-corrected chi connectivity index (χ0v) is 13.7. The molecule has 2 aromatic carbocycles. The van der Waals surface area contributed by atoms with Crippen LogP contribution in [0.5, 0.6) is 0 Å². The standard InChI is InChI=1S/C18H19BrFN/c1-12(21-18-11-16(19)8-9-17(18)20)14-7-6-13-4-2-3-5-15(13)10-14/h6-12,21H,2-5H2,1H3. The van der Waals surface area contributed by atoms with Gasteiger partial charge in [0.2, 0.25) is 0 Å². The number of hydrogen-bond acceptors (Lipinski definition) is 1. The fraction of sp³-hybridized carbons (Fsp3) is 0.333. The van der Waals surface area contributed by atoms with Gasteiger partial charge in [0.05, 0.1) is 5.69 Å². The number of rotatable bonds is 3. The van der Waals surface area contributed by atoms with Crippen LogP contribution in [-0.4, -0.2) is 0 Å². The molecule has 2 aromatic rings. The van der Waals surface area contributed by atoms with Crippen molar-refractivity contribution in [2.75, 3.05) is 5.32 Å². The van der Waals surface area contributed by atoms with Crippen molar-refractivity contribution >= 4 is 21.6 Å². The van der Waals surface area contributed by atoms with E-state index < -0.39 is 0 Å². The summed E-state index contributed by atoms with van der Waals surface area (Å²) in [4.78, 5) is 0. The lowest BCUT2D eigenvalue weighted by Gasteiger charge is -2.21. The van der Waals surface area contributed by atoms with Gasteiger partial charge in [-0.1, -0.05) is 34.1 Å². The van der Waals surface area contributed by atoms with Crippen LogP contribution in [0.2, 0.25) is 0 Å². The van der Waals surface area contributed by atoms with Crippen LogP contribution in [0.4, 0.5) is 10.1 Å². The summed E-state index contributed by atoms with van der Waals surface area (Å²) in [6.45, 7) is 2.07. The molecule has 0 heterocycles. The van der Waals surface area contributed by atoms with Gasteiger partial charge in [0.15, 0.2) is 0 Å². The first kappa shape index (κ1) is 14.6. The second kappa shape index (κ2) is 6.18. The summed E-state index contributed by atoms with van der Waals surface area (Å²) >= 11 is 3.39. The molecule has 1 N–H and O–H groups in total. The number of aryl methyl sites for hydroxylation is 2. The van der Waals surface area contributed by atoms with E-state index in [1.165, 1.54) is 48.4 Å². The summed E-state index contributed by atoms with van der Waals surface area (Å²) in [6, 6.07) is 11.7. The minimum Gasteiger partial charge on any atom is -0.376 e. The smallest absolute Gasteiger partial charge is 0.146 e. The zero-order valence-electron chi connectivity index (χ0n) is 12.1.